The van der Waals surface area contributed by atoms with Crippen molar-refractivity contribution in [3.8, 4) is 11.5 Å². The van der Waals surface area contributed by atoms with Crippen molar-refractivity contribution in [3.05, 3.63) is 59.7 Å². The molecule has 1 aliphatic heterocycles. The second-order valence-corrected chi connectivity index (χ2v) is 6.58. The van der Waals surface area contributed by atoms with Gasteiger partial charge in [0.15, 0.2) is 0 Å². The zero-order valence-corrected chi connectivity index (χ0v) is 13.4. The summed E-state index contributed by atoms with van der Waals surface area (Å²) in [5, 5.41) is 12.5. The van der Waals surface area contributed by atoms with Gasteiger partial charge < -0.3 is 15.2 Å². The number of rotatable bonds is 5. The minimum Gasteiger partial charge on any atom is -0.457 e. The van der Waals surface area contributed by atoms with Crippen LogP contribution in [0.3, 0.4) is 0 Å². The molecule has 2 N–H and O–H groups in total. The number of aliphatic hydroxyl groups excluding tert-OH is 1. The summed E-state index contributed by atoms with van der Waals surface area (Å²) in [7, 11) is 0. The predicted octanol–water partition coefficient (Wildman–Crippen LogP) is 3.20. The number of carbonyl (C=O) groups is 1. The van der Waals surface area contributed by atoms with E-state index in [1.807, 2.05) is 48.5 Å². The molecule has 1 aliphatic carbocycles. The highest BCUT2D eigenvalue weighted by Crippen LogP contribution is 2.44. The molecule has 24 heavy (non-hydrogen) atoms. The largest absolute Gasteiger partial charge is 0.457 e. The van der Waals surface area contributed by atoms with Crippen LogP contribution in [0.1, 0.15) is 36.3 Å². The van der Waals surface area contributed by atoms with E-state index in [1.54, 1.807) is 0 Å². The van der Waals surface area contributed by atoms with Crippen LogP contribution in [0.2, 0.25) is 0 Å². The summed E-state index contributed by atoms with van der Waals surface area (Å²) in [6.07, 6.45) is 2.88. The number of hydrogen-bond acceptors (Lipinski definition) is 3. The van der Waals surface area contributed by atoms with E-state index in [0.29, 0.717) is 12.3 Å². The Bertz CT molecular complexity index is 709. The lowest BCUT2D eigenvalue weighted by Crippen LogP contribution is -2.40. The standard InChI is InChI=1S/C20H21NO3/c22-12-11-16(13-9-10-13)21-20(23)19-14-5-1-3-7-17(14)24-18-8-4-2-6-15(18)19/h1-8,13,16,19,22H,9-12H2,(H,21,23). The van der Waals surface area contributed by atoms with E-state index < -0.39 is 0 Å². The number of fused-ring (bicyclic) bond motifs is 2. The molecule has 124 valence electrons. The summed E-state index contributed by atoms with van der Waals surface area (Å²) >= 11 is 0. The van der Waals surface area contributed by atoms with Crippen LogP contribution in [0.25, 0.3) is 0 Å². The third-order valence-corrected chi connectivity index (χ3v) is 4.90. The molecule has 1 heterocycles. The van der Waals surface area contributed by atoms with Crippen LogP contribution < -0.4 is 10.1 Å². The Morgan fingerprint density at radius 2 is 1.67 bits per heavy atom. The molecule has 0 saturated heterocycles. The van der Waals surface area contributed by atoms with Crippen LogP contribution in [0.4, 0.5) is 0 Å². The van der Waals surface area contributed by atoms with Gasteiger partial charge in [0.2, 0.25) is 5.91 Å². The van der Waals surface area contributed by atoms with Gasteiger partial charge in [0.05, 0.1) is 5.92 Å². The van der Waals surface area contributed by atoms with Crippen molar-refractivity contribution >= 4 is 5.91 Å². The third kappa shape index (κ3) is 2.78. The van der Waals surface area contributed by atoms with E-state index in [2.05, 4.69) is 5.32 Å². The summed E-state index contributed by atoms with van der Waals surface area (Å²) in [4.78, 5) is 13.1. The van der Waals surface area contributed by atoms with Gasteiger partial charge in [-0.25, -0.2) is 0 Å². The number of para-hydroxylation sites is 2. The van der Waals surface area contributed by atoms with Gasteiger partial charge in [-0.1, -0.05) is 36.4 Å². The minimum atomic E-state index is -0.369. The lowest BCUT2D eigenvalue weighted by atomic mass is 9.87. The van der Waals surface area contributed by atoms with Gasteiger partial charge in [0.1, 0.15) is 11.5 Å². The zero-order chi connectivity index (χ0) is 16.5. The number of carbonyl (C=O) groups excluding carboxylic acids is 1. The second kappa shape index (κ2) is 6.29. The van der Waals surface area contributed by atoms with E-state index in [-0.39, 0.29) is 24.5 Å². The summed E-state index contributed by atoms with van der Waals surface area (Å²) in [5.74, 6) is 1.60. The topological polar surface area (TPSA) is 58.6 Å². The number of amides is 1. The Kier molecular flexibility index (Phi) is 3.98. The Balaban J connectivity index is 1.67. The SMILES string of the molecule is O=C(NC(CCO)C1CC1)C1c2ccccc2Oc2ccccc21. The second-order valence-electron chi connectivity index (χ2n) is 6.58. The van der Waals surface area contributed by atoms with Gasteiger partial charge in [-0.15, -0.1) is 0 Å². The highest BCUT2D eigenvalue weighted by molar-refractivity contribution is 5.89. The number of nitrogens with one attached hydrogen (secondary N) is 1. The fourth-order valence-corrected chi connectivity index (χ4v) is 3.52. The molecule has 0 radical (unpaired) electrons. The fraction of sp³-hybridized carbons (Fsp3) is 0.350. The molecule has 1 saturated carbocycles. The first-order valence-corrected chi connectivity index (χ1v) is 8.55. The van der Waals surface area contributed by atoms with Crippen LogP contribution in [0, 0.1) is 5.92 Å². The molecule has 1 fully saturated rings. The molecule has 0 aromatic heterocycles. The molecule has 1 unspecified atom stereocenters. The van der Waals surface area contributed by atoms with Crippen LogP contribution in [-0.2, 0) is 4.79 Å². The smallest absolute Gasteiger partial charge is 0.232 e. The summed E-state index contributed by atoms with van der Waals surface area (Å²) in [5.41, 5.74) is 1.79. The highest BCUT2D eigenvalue weighted by atomic mass is 16.5. The maximum atomic E-state index is 13.1. The average Bonchev–Trinajstić information content (AvgIpc) is 3.44. The number of ether oxygens (including phenoxy) is 1. The molecular weight excluding hydrogens is 302 g/mol. The summed E-state index contributed by atoms with van der Waals surface area (Å²) in [6, 6.07) is 15.5. The Hall–Kier alpha value is -2.33. The quantitative estimate of drug-likeness (QED) is 0.888. The number of aliphatic hydroxyl groups is 1. The zero-order valence-electron chi connectivity index (χ0n) is 13.4. The van der Waals surface area contributed by atoms with Crippen LogP contribution in [0.5, 0.6) is 11.5 Å². The van der Waals surface area contributed by atoms with Gasteiger partial charge in [-0.3, -0.25) is 4.79 Å². The van der Waals surface area contributed by atoms with Crippen molar-refractivity contribution in [1.82, 2.24) is 5.32 Å². The fourth-order valence-electron chi connectivity index (χ4n) is 3.52. The molecule has 1 atom stereocenters. The average molecular weight is 323 g/mol. The van der Waals surface area contributed by atoms with E-state index in [4.69, 9.17) is 4.74 Å². The summed E-state index contributed by atoms with van der Waals surface area (Å²) < 4.78 is 5.95. The van der Waals surface area contributed by atoms with E-state index in [1.165, 1.54) is 0 Å². The van der Waals surface area contributed by atoms with E-state index in [0.717, 1.165) is 35.5 Å². The van der Waals surface area contributed by atoms with Crippen LogP contribution in [-0.4, -0.2) is 23.7 Å². The van der Waals surface area contributed by atoms with Gasteiger partial charge in [-0.2, -0.15) is 0 Å². The van der Waals surface area contributed by atoms with Gasteiger partial charge in [0, 0.05) is 23.8 Å². The van der Waals surface area contributed by atoms with Crippen LogP contribution >= 0.6 is 0 Å². The van der Waals surface area contributed by atoms with Crippen molar-refractivity contribution in [2.75, 3.05) is 6.61 Å². The first kappa shape index (κ1) is 15.2. The first-order valence-electron chi connectivity index (χ1n) is 8.55. The van der Waals surface area contributed by atoms with Gasteiger partial charge in [0.25, 0.3) is 0 Å². The lowest BCUT2D eigenvalue weighted by Gasteiger charge is -2.29. The molecule has 2 aliphatic rings. The molecule has 2 aromatic rings. The molecule has 4 rings (SSSR count). The maximum Gasteiger partial charge on any atom is 0.232 e. The molecule has 4 nitrogen and oxygen atoms in total. The predicted molar refractivity (Wildman–Crippen MR) is 91.2 cm³/mol. The van der Waals surface area contributed by atoms with Crippen molar-refractivity contribution in [2.24, 2.45) is 5.92 Å². The van der Waals surface area contributed by atoms with Crippen molar-refractivity contribution in [3.63, 3.8) is 0 Å². The maximum absolute atomic E-state index is 13.1. The summed E-state index contributed by atoms with van der Waals surface area (Å²) in [6.45, 7) is 0.0996. The normalized spacial score (nSPS) is 17.4. The minimum absolute atomic E-state index is 0.0106. The Labute approximate surface area is 141 Å². The number of benzene rings is 2. The van der Waals surface area contributed by atoms with E-state index >= 15 is 0 Å². The van der Waals surface area contributed by atoms with Crippen molar-refractivity contribution in [2.45, 2.75) is 31.2 Å². The van der Waals surface area contributed by atoms with Crippen molar-refractivity contribution < 1.29 is 14.6 Å². The molecule has 2 aromatic carbocycles. The highest BCUT2D eigenvalue weighted by Gasteiger charge is 2.36. The monoisotopic (exact) mass is 323 g/mol. The van der Waals surface area contributed by atoms with E-state index in [9.17, 15) is 9.90 Å². The molecule has 4 heteroatoms. The number of hydrogen-bond donors (Lipinski definition) is 2. The van der Waals surface area contributed by atoms with Crippen molar-refractivity contribution in [1.29, 1.82) is 0 Å². The lowest BCUT2D eigenvalue weighted by molar-refractivity contribution is -0.122. The Morgan fingerprint density at radius 3 is 2.21 bits per heavy atom. The Morgan fingerprint density at radius 1 is 1.08 bits per heavy atom. The molecular formula is C20H21NO3. The van der Waals surface area contributed by atoms with Gasteiger partial charge >= 0.3 is 0 Å². The first-order chi connectivity index (χ1) is 11.8. The van der Waals surface area contributed by atoms with Crippen LogP contribution in [0.15, 0.2) is 48.5 Å². The third-order valence-electron chi connectivity index (χ3n) is 4.90. The molecule has 0 bridgehead atoms. The molecule has 1 amide bonds. The molecule has 0 spiro atoms. The van der Waals surface area contributed by atoms with Gasteiger partial charge in [-0.05, 0) is 37.3 Å².